The maximum atomic E-state index is 9.98. The van der Waals surface area contributed by atoms with Crippen molar-refractivity contribution in [3.63, 3.8) is 0 Å². The number of hydrogen-bond donors (Lipinski definition) is 4. The highest BCUT2D eigenvalue weighted by Gasteiger charge is 2.44. The zero-order valence-corrected chi connectivity index (χ0v) is 15.2. The summed E-state index contributed by atoms with van der Waals surface area (Å²) in [5.74, 6) is 0. The van der Waals surface area contributed by atoms with Crippen LogP contribution >= 0.6 is 15.9 Å². The van der Waals surface area contributed by atoms with Crippen LogP contribution in [0.15, 0.2) is 0 Å². The molecule has 0 saturated carbocycles. The zero-order chi connectivity index (χ0) is 17.1. The lowest BCUT2D eigenvalue weighted by Gasteiger charge is -2.39. The van der Waals surface area contributed by atoms with E-state index in [2.05, 4.69) is 15.9 Å². The monoisotopic (exact) mass is 398 g/mol. The van der Waals surface area contributed by atoms with Gasteiger partial charge >= 0.3 is 0 Å². The normalized spacial score (nSPS) is 31.4. The largest absolute Gasteiger partial charge is 0.394 e. The molecule has 7 heteroatoms. The van der Waals surface area contributed by atoms with E-state index in [9.17, 15) is 15.3 Å². The molecule has 0 aliphatic carbocycles. The molecule has 23 heavy (non-hydrogen) atoms. The van der Waals surface area contributed by atoms with Gasteiger partial charge in [-0.3, -0.25) is 0 Å². The van der Waals surface area contributed by atoms with Gasteiger partial charge in [-0.05, 0) is 12.8 Å². The van der Waals surface area contributed by atoms with Crippen LogP contribution in [0.2, 0.25) is 0 Å². The Bertz CT molecular complexity index is 294. The molecule has 0 radical (unpaired) electrons. The number of ether oxygens (including phenoxy) is 2. The third-order valence-electron chi connectivity index (χ3n) is 4.18. The van der Waals surface area contributed by atoms with E-state index in [1.54, 1.807) is 0 Å². The van der Waals surface area contributed by atoms with Crippen LogP contribution in [-0.4, -0.2) is 69.7 Å². The predicted molar refractivity (Wildman–Crippen MR) is 90.4 cm³/mol. The number of hydrogen-bond acceptors (Lipinski definition) is 6. The van der Waals surface area contributed by atoms with E-state index in [1.165, 1.54) is 32.1 Å². The molecule has 1 aliphatic heterocycles. The first-order chi connectivity index (χ1) is 11.1. The summed E-state index contributed by atoms with van der Waals surface area (Å²) in [5.41, 5.74) is 0. The molecule has 1 fully saturated rings. The van der Waals surface area contributed by atoms with Crippen LogP contribution < -0.4 is 0 Å². The number of rotatable bonds is 12. The van der Waals surface area contributed by atoms with Crippen LogP contribution in [-0.2, 0) is 9.47 Å². The van der Waals surface area contributed by atoms with E-state index in [-0.39, 0.29) is 0 Å². The lowest BCUT2D eigenvalue weighted by molar-refractivity contribution is -0.294. The Morgan fingerprint density at radius 3 is 1.96 bits per heavy atom. The Morgan fingerprint density at radius 2 is 1.39 bits per heavy atom. The van der Waals surface area contributed by atoms with Gasteiger partial charge in [-0.25, -0.2) is 0 Å². The fourth-order valence-corrected chi connectivity index (χ4v) is 3.14. The van der Waals surface area contributed by atoms with Crippen molar-refractivity contribution in [3.8, 4) is 0 Å². The van der Waals surface area contributed by atoms with E-state index >= 15 is 0 Å². The van der Waals surface area contributed by atoms with E-state index < -0.39 is 37.3 Å². The highest BCUT2D eigenvalue weighted by Crippen LogP contribution is 2.22. The third kappa shape index (κ3) is 7.77. The van der Waals surface area contributed by atoms with Gasteiger partial charge in [0.2, 0.25) is 0 Å². The van der Waals surface area contributed by atoms with Crippen LogP contribution in [0.5, 0.6) is 0 Å². The number of unbranched alkanes of at least 4 members (excludes halogenated alkanes) is 7. The fraction of sp³-hybridized carbons (Fsp3) is 1.00. The Kier molecular flexibility index (Phi) is 11.6. The number of aliphatic hydroxyl groups is 4. The Morgan fingerprint density at radius 1 is 0.826 bits per heavy atom. The van der Waals surface area contributed by atoms with Gasteiger partial charge in [0.1, 0.15) is 24.4 Å². The molecule has 1 rings (SSSR count). The van der Waals surface area contributed by atoms with Crippen molar-refractivity contribution in [3.05, 3.63) is 0 Å². The topological polar surface area (TPSA) is 99.4 Å². The van der Waals surface area contributed by atoms with E-state index in [4.69, 9.17) is 14.6 Å². The first kappa shape index (κ1) is 21.3. The maximum absolute atomic E-state index is 9.98. The maximum Gasteiger partial charge on any atom is 0.184 e. The van der Waals surface area contributed by atoms with Crippen LogP contribution in [0, 0.1) is 0 Å². The minimum Gasteiger partial charge on any atom is -0.394 e. The zero-order valence-electron chi connectivity index (χ0n) is 13.6. The summed E-state index contributed by atoms with van der Waals surface area (Å²) >= 11 is 3.43. The summed E-state index contributed by atoms with van der Waals surface area (Å²) in [6.45, 7) is -0.0207. The van der Waals surface area contributed by atoms with Gasteiger partial charge in [-0.1, -0.05) is 54.5 Å². The smallest absolute Gasteiger partial charge is 0.184 e. The second kappa shape index (κ2) is 12.6. The summed E-state index contributed by atoms with van der Waals surface area (Å²) < 4.78 is 10.4. The molecular weight excluding hydrogens is 368 g/mol. The van der Waals surface area contributed by atoms with E-state index in [0.29, 0.717) is 6.61 Å². The average Bonchev–Trinajstić information content (AvgIpc) is 2.55. The molecule has 5 atom stereocenters. The molecule has 0 amide bonds. The first-order valence-corrected chi connectivity index (χ1v) is 9.72. The Balaban J connectivity index is 2.09. The van der Waals surface area contributed by atoms with Gasteiger partial charge in [0, 0.05) is 11.9 Å². The van der Waals surface area contributed by atoms with E-state index in [1.807, 2.05) is 0 Å². The minimum atomic E-state index is -1.44. The molecule has 0 aromatic carbocycles. The van der Waals surface area contributed by atoms with Crippen molar-refractivity contribution in [1.29, 1.82) is 0 Å². The van der Waals surface area contributed by atoms with E-state index in [0.717, 1.165) is 24.6 Å². The van der Waals surface area contributed by atoms with Gasteiger partial charge < -0.3 is 29.9 Å². The quantitative estimate of drug-likeness (QED) is 0.292. The fourth-order valence-electron chi connectivity index (χ4n) is 2.74. The van der Waals surface area contributed by atoms with Gasteiger partial charge in [-0.15, -0.1) is 0 Å². The molecule has 0 spiro atoms. The molecule has 0 aromatic heterocycles. The predicted octanol–water partition coefficient (Wildman–Crippen LogP) is 1.32. The Labute approximate surface area is 146 Å². The third-order valence-corrected chi connectivity index (χ3v) is 4.74. The summed E-state index contributed by atoms with van der Waals surface area (Å²) in [4.78, 5) is 0. The van der Waals surface area contributed by atoms with Gasteiger partial charge in [-0.2, -0.15) is 0 Å². The molecule has 0 aromatic rings. The van der Waals surface area contributed by atoms with Crippen LogP contribution in [0.3, 0.4) is 0 Å². The van der Waals surface area contributed by atoms with Gasteiger partial charge in [0.05, 0.1) is 6.61 Å². The van der Waals surface area contributed by atoms with Gasteiger partial charge in [0.25, 0.3) is 0 Å². The molecular formula is C16H31BrO6. The highest BCUT2D eigenvalue weighted by molar-refractivity contribution is 9.09. The summed E-state index contributed by atoms with van der Waals surface area (Å²) in [7, 11) is 0. The van der Waals surface area contributed by atoms with Crippen LogP contribution in [0.4, 0.5) is 0 Å². The molecule has 4 N–H and O–H groups in total. The second-order valence-electron chi connectivity index (χ2n) is 6.08. The molecule has 1 heterocycles. The molecule has 1 aliphatic rings. The summed E-state index contributed by atoms with van der Waals surface area (Å²) in [5, 5.41) is 39.5. The average molecular weight is 399 g/mol. The lowest BCUT2D eigenvalue weighted by atomic mass is 9.99. The minimum absolute atomic E-state index is 0.410. The molecule has 0 bridgehead atoms. The van der Waals surface area contributed by atoms with Crippen LogP contribution in [0.25, 0.3) is 0 Å². The second-order valence-corrected chi connectivity index (χ2v) is 6.87. The van der Waals surface area contributed by atoms with Gasteiger partial charge in [0.15, 0.2) is 6.29 Å². The van der Waals surface area contributed by atoms with Crippen molar-refractivity contribution in [2.75, 3.05) is 18.5 Å². The van der Waals surface area contributed by atoms with Crippen molar-refractivity contribution in [1.82, 2.24) is 0 Å². The number of alkyl halides is 1. The standard InChI is InChI=1S/C16H31BrO6/c17-9-7-5-3-1-2-4-6-8-10-22-15-13(19)12(11-18)23-16(21)14(15)20/h12-16,18-21H,1-11H2/t12-,13-,14-,15+,16?/m1/s1. The lowest BCUT2D eigenvalue weighted by Crippen LogP contribution is -2.59. The van der Waals surface area contributed by atoms with Crippen molar-refractivity contribution in [2.24, 2.45) is 0 Å². The Hall–Kier alpha value is 0.240. The molecule has 1 saturated heterocycles. The highest BCUT2D eigenvalue weighted by atomic mass is 79.9. The summed E-state index contributed by atoms with van der Waals surface area (Å²) in [6, 6.07) is 0. The SMILES string of the molecule is OC[C@H]1OC(O)[C@H](O)[C@@H](OCCCCCCCCCCBr)[C@@H]1O. The summed E-state index contributed by atoms with van der Waals surface area (Å²) in [6.07, 6.45) is 3.56. The van der Waals surface area contributed by atoms with Crippen molar-refractivity contribution in [2.45, 2.75) is 82.1 Å². The number of aliphatic hydroxyl groups excluding tert-OH is 4. The van der Waals surface area contributed by atoms with Crippen molar-refractivity contribution < 1.29 is 29.9 Å². The first-order valence-electron chi connectivity index (χ1n) is 8.60. The van der Waals surface area contributed by atoms with Crippen molar-refractivity contribution >= 4 is 15.9 Å². The molecule has 6 nitrogen and oxygen atoms in total. The number of halogens is 1. The molecule has 1 unspecified atom stereocenters. The van der Waals surface area contributed by atoms with Crippen LogP contribution in [0.1, 0.15) is 51.4 Å². The molecule has 138 valence electrons.